The van der Waals surface area contributed by atoms with Gasteiger partial charge in [0.15, 0.2) is 17.3 Å². The Hall–Kier alpha value is -2.01. The van der Waals surface area contributed by atoms with Crippen LogP contribution in [0.1, 0.15) is 15.9 Å². The third-order valence-corrected chi connectivity index (χ3v) is 3.77. The number of carbonyl (C=O) groups is 1. The molecule has 20 heavy (non-hydrogen) atoms. The van der Waals surface area contributed by atoms with Crippen molar-refractivity contribution in [3.8, 4) is 11.5 Å². The first-order chi connectivity index (χ1) is 9.66. The highest BCUT2D eigenvalue weighted by molar-refractivity contribution is 9.10. The molecule has 1 heterocycles. The second-order valence-electron chi connectivity index (χ2n) is 4.39. The summed E-state index contributed by atoms with van der Waals surface area (Å²) in [7, 11) is 0. The summed E-state index contributed by atoms with van der Waals surface area (Å²) in [5, 5.41) is 0. The molecule has 0 aliphatic carbocycles. The highest BCUT2D eigenvalue weighted by Crippen LogP contribution is 2.35. The van der Waals surface area contributed by atoms with Crippen molar-refractivity contribution in [2.24, 2.45) is 0 Å². The van der Waals surface area contributed by atoms with Gasteiger partial charge in [-0.25, -0.2) is 0 Å². The van der Waals surface area contributed by atoms with Gasteiger partial charge in [-0.05, 0) is 18.2 Å². The van der Waals surface area contributed by atoms with Crippen LogP contribution in [-0.4, -0.2) is 19.0 Å². The quantitative estimate of drug-likeness (QED) is 0.677. The predicted octanol–water partition coefficient (Wildman–Crippen LogP) is 3.03. The molecule has 2 N–H and O–H groups in total. The smallest absolute Gasteiger partial charge is 0.196 e. The summed E-state index contributed by atoms with van der Waals surface area (Å²) < 4.78 is 11.7. The van der Waals surface area contributed by atoms with E-state index in [-0.39, 0.29) is 5.78 Å². The van der Waals surface area contributed by atoms with Crippen molar-refractivity contribution in [2.45, 2.75) is 0 Å². The zero-order chi connectivity index (χ0) is 14.1. The summed E-state index contributed by atoms with van der Waals surface area (Å²) in [4.78, 5) is 12.6. The lowest BCUT2D eigenvalue weighted by Crippen LogP contribution is -2.17. The Balaban J connectivity index is 2.06. The zero-order valence-electron chi connectivity index (χ0n) is 10.6. The molecule has 5 heteroatoms. The van der Waals surface area contributed by atoms with E-state index in [4.69, 9.17) is 15.2 Å². The highest BCUT2D eigenvalue weighted by atomic mass is 79.9. The van der Waals surface area contributed by atoms with Crippen LogP contribution in [0.2, 0.25) is 0 Å². The average molecular weight is 334 g/mol. The van der Waals surface area contributed by atoms with Crippen LogP contribution in [0.15, 0.2) is 40.9 Å². The van der Waals surface area contributed by atoms with E-state index in [1.165, 1.54) is 0 Å². The number of halogens is 1. The first kappa shape index (κ1) is 13.0. The van der Waals surface area contributed by atoms with Gasteiger partial charge in [0.2, 0.25) is 0 Å². The second-order valence-corrected chi connectivity index (χ2v) is 5.25. The monoisotopic (exact) mass is 333 g/mol. The number of ether oxygens (including phenoxy) is 2. The van der Waals surface area contributed by atoms with Crippen LogP contribution in [-0.2, 0) is 0 Å². The summed E-state index contributed by atoms with van der Waals surface area (Å²) in [6.45, 7) is 0.962. The SMILES string of the molecule is Nc1cc2c(cc1C(=O)c1ccccc1Br)OCCO2. The number of nitrogen functional groups attached to an aromatic ring is 1. The summed E-state index contributed by atoms with van der Waals surface area (Å²) in [6.07, 6.45) is 0. The van der Waals surface area contributed by atoms with Crippen LogP contribution >= 0.6 is 15.9 Å². The van der Waals surface area contributed by atoms with Gasteiger partial charge in [-0.2, -0.15) is 0 Å². The molecule has 0 spiro atoms. The van der Waals surface area contributed by atoms with Crippen LogP contribution in [0, 0.1) is 0 Å². The molecule has 102 valence electrons. The summed E-state index contributed by atoms with van der Waals surface area (Å²) in [5.74, 6) is 0.991. The van der Waals surface area contributed by atoms with Gasteiger partial charge in [-0.15, -0.1) is 0 Å². The van der Waals surface area contributed by atoms with E-state index in [9.17, 15) is 4.79 Å². The molecule has 0 fully saturated rings. The minimum Gasteiger partial charge on any atom is -0.486 e. The number of nitrogens with two attached hydrogens (primary N) is 1. The van der Waals surface area contributed by atoms with Crippen molar-refractivity contribution in [2.75, 3.05) is 18.9 Å². The first-order valence-corrected chi connectivity index (χ1v) is 6.94. The van der Waals surface area contributed by atoms with Crippen LogP contribution in [0.5, 0.6) is 11.5 Å². The lowest BCUT2D eigenvalue weighted by molar-refractivity contribution is 0.103. The molecule has 0 radical (unpaired) electrons. The fourth-order valence-corrected chi connectivity index (χ4v) is 2.56. The Morgan fingerprint density at radius 2 is 1.70 bits per heavy atom. The van der Waals surface area contributed by atoms with Crippen LogP contribution < -0.4 is 15.2 Å². The maximum atomic E-state index is 12.6. The number of rotatable bonds is 2. The normalized spacial score (nSPS) is 13.1. The maximum Gasteiger partial charge on any atom is 0.196 e. The minimum absolute atomic E-state index is 0.146. The van der Waals surface area contributed by atoms with E-state index in [2.05, 4.69) is 15.9 Å². The van der Waals surface area contributed by atoms with Crippen molar-refractivity contribution in [1.29, 1.82) is 0 Å². The average Bonchev–Trinajstić information content (AvgIpc) is 2.46. The second kappa shape index (κ2) is 5.17. The van der Waals surface area contributed by atoms with E-state index in [1.807, 2.05) is 18.2 Å². The maximum absolute atomic E-state index is 12.6. The van der Waals surface area contributed by atoms with Gasteiger partial charge in [-0.3, -0.25) is 4.79 Å². The number of ketones is 1. The molecule has 4 nitrogen and oxygen atoms in total. The van der Waals surface area contributed by atoms with Crippen molar-refractivity contribution >= 4 is 27.4 Å². The minimum atomic E-state index is -0.146. The van der Waals surface area contributed by atoms with E-state index in [0.717, 1.165) is 4.47 Å². The summed E-state index contributed by atoms with van der Waals surface area (Å²) >= 11 is 3.38. The Kier molecular flexibility index (Phi) is 3.36. The molecular formula is C15H12BrNO3. The third-order valence-electron chi connectivity index (χ3n) is 3.08. The third kappa shape index (κ3) is 2.25. The fraction of sp³-hybridized carbons (Fsp3) is 0.133. The van der Waals surface area contributed by atoms with E-state index < -0.39 is 0 Å². The number of hydrogen-bond acceptors (Lipinski definition) is 4. The lowest BCUT2D eigenvalue weighted by Gasteiger charge is -2.20. The Bertz CT molecular complexity index is 685. The van der Waals surface area contributed by atoms with Crippen molar-refractivity contribution in [3.05, 3.63) is 52.0 Å². The van der Waals surface area contributed by atoms with Crippen molar-refractivity contribution < 1.29 is 14.3 Å². The van der Waals surface area contributed by atoms with Crippen LogP contribution in [0.25, 0.3) is 0 Å². The molecule has 0 saturated heterocycles. The molecule has 1 aliphatic heterocycles. The number of anilines is 1. The number of carbonyl (C=O) groups excluding carboxylic acids is 1. The number of hydrogen-bond donors (Lipinski definition) is 1. The zero-order valence-corrected chi connectivity index (χ0v) is 12.1. The van der Waals surface area contributed by atoms with Gasteiger partial charge in [-0.1, -0.05) is 28.1 Å². The van der Waals surface area contributed by atoms with Gasteiger partial charge >= 0.3 is 0 Å². The fourth-order valence-electron chi connectivity index (χ4n) is 2.09. The van der Waals surface area contributed by atoms with Gasteiger partial charge in [0.25, 0.3) is 0 Å². The van der Waals surface area contributed by atoms with Gasteiger partial charge < -0.3 is 15.2 Å². The van der Waals surface area contributed by atoms with E-state index in [0.29, 0.717) is 41.5 Å². The predicted molar refractivity (Wildman–Crippen MR) is 79.4 cm³/mol. The van der Waals surface area contributed by atoms with Crippen LogP contribution in [0.4, 0.5) is 5.69 Å². The topological polar surface area (TPSA) is 61.6 Å². The highest BCUT2D eigenvalue weighted by Gasteiger charge is 2.20. The molecule has 0 bridgehead atoms. The summed E-state index contributed by atoms with van der Waals surface area (Å²) in [6, 6.07) is 10.5. The molecule has 0 unspecified atom stereocenters. The number of benzene rings is 2. The molecule has 0 aromatic heterocycles. The first-order valence-electron chi connectivity index (χ1n) is 6.15. The molecular weight excluding hydrogens is 322 g/mol. The van der Waals surface area contributed by atoms with E-state index in [1.54, 1.807) is 18.2 Å². The number of fused-ring (bicyclic) bond motifs is 1. The molecule has 3 rings (SSSR count). The molecule has 2 aromatic rings. The van der Waals surface area contributed by atoms with E-state index >= 15 is 0 Å². The molecule has 0 saturated carbocycles. The molecule has 0 amide bonds. The molecule has 0 atom stereocenters. The molecule has 1 aliphatic rings. The van der Waals surface area contributed by atoms with Crippen molar-refractivity contribution in [1.82, 2.24) is 0 Å². The van der Waals surface area contributed by atoms with Gasteiger partial charge in [0.05, 0.1) is 0 Å². The lowest BCUT2D eigenvalue weighted by atomic mass is 10.0. The molecule has 2 aromatic carbocycles. The summed E-state index contributed by atoms with van der Waals surface area (Å²) in [5.41, 5.74) is 7.33. The van der Waals surface area contributed by atoms with Crippen molar-refractivity contribution in [3.63, 3.8) is 0 Å². The Morgan fingerprint density at radius 3 is 2.40 bits per heavy atom. The van der Waals surface area contributed by atoms with Gasteiger partial charge in [0.1, 0.15) is 13.2 Å². The van der Waals surface area contributed by atoms with Crippen LogP contribution in [0.3, 0.4) is 0 Å². The standard InChI is InChI=1S/C15H12BrNO3/c16-11-4-2-1-3-9(11)15(18)10-7-13-14(8-12(10)17)20-6-5-19-13/h1-4,7-8H,5-6,17H2. The Morgan fingerprint density at radius 1 is 1.05 bits per heavy atom. The Labute approximate surface area is 124 Å². The van der Waals surface area contributed by atoms with Gasteiger partial charge in [0, 0.05) is 27.4 Å². The largest absolute Gasteiger partial charge is 0.486 e.